The maximum atomic E-state index is 12.7. The van der Waals surface area contributed by atoms with E-state index in [1.165, 1.54) is 0 Å². The highest BCUT2D eigenvalue weighted by atomic mass is 16.5. The molecule has 1 saturated heterocycles. The highest BCUT2D eigenvalue weighted by Crippen LogP contribution is 2.32. The molecule has 132 valence electrons. The Morgan fingerprint density at radius 2 is 2.04 bits per heavy atom. The smallest absolute Gasteiger partial charge is 0.251 e. The van der Waals surface area contributed by atoms with Gasteiger partial charge >= 0.3 is 0 Å². The minimum atomic E-state index is -0.183. The standard InChI is InChI=1S/C18H21N3O4/c1-21-14(5-7-19-21)17-13(6-10-25-17)20-18(22)12-3-4-15-16(11-12)24-9-2-8-23-15/h3-5,7,11,13,17H,2,6,8-10H2,1H3,(H,20,22)/t13-,17-/m0/s1. The zero-order chi connectivity index (χ0) is 17.2. The number of hydrogen-bond acceptors (Lipinski definition) is 5. The zero-order valence-corrected chi connectivity index (χ0v) is 14.1. The molecule has 0 unspecified atom stereocenters. The normalized spacial score (nSPS) is 22.4. The van der Waals surface area contributed by atoms with Gasteiger partial charge in [-0.25, -0.2) is 0 Å². The largest absolute Gasteiger partial charge is 0.490 e. The van der Waals surface area contributed by atoms with Crippen molar-refractivity contribution in [2.24, 2.45) is 7.05 Å². The molecule has 0 bridgehead atoms. The molecule has 2 aliphatic heterocycles. The molecule has 0 saturated carbocycles. The van der Waals surface area contributed by atoms with Crippen molar-refractivity contribution >= 4 is 5.91 Å². The molecule has 2 aromatic rings. The molecular weight excluding hydrogens is 322 g/mol. The third kappa shape index (κ3) is 3.19. The molecule has 2 aliphatic rings. The highest BCUT2D eigenvalue weighted by Gasteiger charge is 2.33. The molecule has 1 N–H and O–H groups in total. The summed E-state index contributed by atoms with van der Waals surface area (Å²) in [5.74, 6) is 1.17. The summed E-state index contributed by atoms with van der Waals surface area (Å²) in [6, 6.07) is 7.13. The molecule has 1 aromatic heterocycles. The first kappa shape index (κ1) is 16.0. The van der Waals surface area contributed by atoms with Crippen LogP contribution in [-0.2, 0) is 11.8 Å². The van der Waals surface area contributed by atoms with Gasteiger partial charge in [0.1, 0.15) is 6.10 Å². The molecular formula is C18H21N3O4. The summed E-state index contributed by atoms with van der Waals surface area (Å²) in [4.78, 5) is 12.7. The topological polar surface area (TPSA) is 74.6 Å². The zero-order valence-electron chi connectivity index (χ0n) is 14.1. The fourth-order valence-electron chi connectivity index (χ4n) is 3.25. The van der Waals surface area contributed by atoms with Gasteiger partial charge in [0.2, 0.25) is 0 Å². The van der Waals surface area contributed by atoms with Crippen molar-refractivity contribution in [3.05, 3.63) is 41.7 Å². The van der Waals surface area contributed by atoms with Crippen molar-refractivity contribution in [1.82, 2.24) is 15.1 Å². The number of ether oxygens (including phenoxy) is 3. The average Bonchev–Trinajstić information content (AvgIpc) is 3.16. The fourth-order valence-corrected chi connectivity index (χ4v) is 3.25. The van der Waals surface area contributed by atoms with Crippen LogP contribution in [-0.4, -0.2) is 41.6 Å². The van der Waals surface area contributed by atoms with Crippen molar-refractivity contribution in [2.75, 3.05) is 19.8 Å². The van der Waals surface area contributed by atoms with Gasteiger partial charge in [-0.05, 0) is 30.7 Å². The SMILES string of the molecule is Cn1nccc1[C@H]1OCC[C@@H]1NC(=O)c1ccc2c(c1)OCCCO2. The molecule has 4 rings (SSSR count). The molecule has 7 heteroatoms. The van der Waals surface area contributed by atoms with E-state index in [0.717, 1.165) is 18.5 Å². The van der Waals surface area contributed by atoms with Gasteiger partial charge in [0, 0.05) is 31.8 Å². The van der Waals surface area contributed by atoms with Crippen LogP contribution >= 0.6 is 0 Å². The van der Waals surface area contributed by atoms with Gasteiger partial charge in [-0.3, -0.25) is 9.48 Å². The Hall–Kier alpha value is -2.54. The Morgan fingerprint density at radius 1 is 1.20 bits per heavy atom. The number of nitrogens with zero attached hydrogens (tertiary/aromatic N) is 2. The van der Waals surface area contributed by atoms with Crippen molar-refractivity contribution < 1.29 is 19.0 Å². The summed E-state index contributed by atoms with van der Waals surface area (Å²) < 4.78 is 18.9. The van der Waals surface area contributed by atoms with Crippen LogP contribution in [0.2, 0.25) is 0 Å². The number of fused-ring (bicyclic) bond motifs is 1. The first-order chi connectivity index (χ1) is 12.2. The first-order valence-electron chi connectivity index (χ1n) is 8.52. The van der Waals surface area contributed by atoms with E-state index in [1.807, 2.05) is 13.1 Å². The Morgan fingerprint density at radius 3 is 2.84 bits per heavy atom. The molecule has 0 radical (unpaired) electrons. The maximum absolute atomic E-state index is 12.7. The number of carbonyl (C=O) groups excluding carboxylic acids is 1. The van der Waals surface area contributed by atoms with E-state index in [1.54, 1.807) is 29.1 Å². The van der Waals surface area contributed by atoms with Gasteiger partial charge in [0.25, 0.3) is 5.91 Å². The molecule has 1 fully saturated rings. The van der Waals surface area contributed by atoms with Crippen LogP contribution in [0.25, 0.3) is 0 Å². The number of carbonyl (C=O) groups is 1. The lowest BCUT2D eigenvalue weighted by Gasteiger charge is -2.20. The molecule has 1 amide bonds. The highest BCUT2D eigenvalue weighted by molar-refractivity contribution is 5.95. The van der Waals surface area contributed by atoms with Crippen LogP contribution in [0.4, 0.5) is 0 Å². The number of nitrogens with one attached hydrogen (secondary N) is 1. The summed E-state index contributed by atoms with van der Waals surface area (Å²) in [6.07, 6.45) is 3.16. The second kappa shape index (κ2) is 6.76. The molecule has 0 aliphatic carbocycles. The summed E-state index contributed by atoms with van der Waals surface area (Å²) in [5, 5.41) is 7.27. The first-order valence-corrected chi connectivity index (χ1v) is 8.52. The van der Waals surface area contributed by atoms with Crippen LogP contribution in [0, 0.1) is 0 Å². The van der Waals surface area contributed by atoms with Gasteiger partial charge in [0.15, 0.2) is 11.5 Å². The molecule has 0 spiro atoms. The van der Waals surface area contributed by atoms with Gasteiger partial charge in [0.05, 0.1) is 24.9 Å². The number of aryl methyl sites for hydroxylation is 1. The second-order valence-electron chi connectivity index (χ2n) is 6.25. The van der Waals surface area contributed by atoms with E-state index in [-0.39, 0.29) is 18.1 Å². The third-order valence-corrected chi connectivity index (χ3v) is 4.57. The van der Waals surface area contributed by atoms with Crippen molar-refractivity contribution in [3.8, 4) is 11.5 Å². The van der Waals surface area contributed by atoms with E-state index >= 15 is 0 Å². The number of amides is 1. The van der Waals surface area contributed by atoms with Crippen molar-refractivity contribution in [1.29, 1.82) is 0 Å². The second-order valence-corrected chi connectivity index (χ2v) is 6.25. The van der Waals surface area contributed by atoms with Gasteiger partial charge in [-0.2, -0.15) is 5.10 Å². The van der Waals surface area contributed by atoms with Crippen LogP contribution < -0.4 is 14.8 Å². The van der Waals surface area contributed by atoms with E-state index in [0.29, 0.717) is 36.9 Å². The van der Waals surface area contributed by atoms with Crippen LogP contribution in [0.1, 0.15) is 35.0 Å². The minimum Gasteiger partial charge on any atom is -0.490 e. The van der Waals surface area contributed by atoms with Crippen molar-refractivity contribution in [3.63, 3.8) is 0 Å². The van der Waals surface area contributed by atoms with E-state index < -0.39 is 0 Å². The fraction of sp³-hybridized carbons (Fsp3) is 0.444. The van der Waals surface area contributed by atoms with Crippen LogP contribution in [0.5, 0.6) is 11.5 Å². The molecule has 25 heavy (non-hydrogen) atoms. The van der Waals surface area contributed by atoms with E-state index in [2.05, 4.69) is 10.4 Å². The van der Waals surface area contributed by atoms with Crippen LogP contribution in [0.15, 0.2) is 30.5 Å². The predicted octanol–water partition coefficient (Wildman–Crippen LogP) is 1.84. The lowest BCUT2D eigenvalue weighted by atomic mass is 10.1. The lowest BCUT2D eigenvalue weighted by molar-refractivity contribution is 0.0792. The number of benzene rings is 1. The number of aromatic nitrogens is 2. The van der Waals surface area contributed by atoms with Gasteiger partial charge in [-0.15, -0.1) is 0 Å². The Kier molecular flexibility index (Phi) is 4.31. The van der Waals surface area contributed by atoms with Gasteiger partial charge in [-0.1, -0.05) is 0 Å². The summed E-state index contributed by atoms with van der Waals surface area (Å²) in [7, 11) is 1.87. The van der Waals surface area contributed by atoms with Crippen molar-refractivity contribution in [2.45, 2.75) is 25.0 Å². The third-order valence-electron chi connectivity index (χ3n) is 4.57. The Labute approximate surface area is 145 Å². The van der Waals surface area contributed by atoms with E-state index in [4.69, 9.17) is 14.2 Å². The van der Waals surface area contributed by atoms with Gasteiger partial charge < -0.3 is 19.5 Å². The molecule has 2 atom stereocenters. The minimum absolute atomic E-state index is 0.0844. The lowest BCUT2D eigenvalue weighted by Crippen LogP contribution is -2.37. The summed E-state index contributed by atoms with van der Waals surface area (Å²) in [5.41, 5.74) is 1.52. The quantitative estimate of drug-likeness (QED) is 0.920. The molecule has 1 aromatic carbocycles. The number of hydrogen-bond donors (Lipinski definition) is 1. The predicted molar refractivity (Wildman–Crippen MR) is 89.8 cm³/mol. The van der Waals surface area contributed by atoms with Crippen LogP contribution in [0.3, 0.4) is 0 Å². The average molecular weight is 343 g/mol. The summed E-state index contributed by atoms with van der Waals surface area (Å²) >= 11 is 0. The monoisotopic (exact) mass is 343 g/mol. The maximum Gasteiger partial charge on any atom is 0.251 e. The Bertz CT molecular complexity index is 773. The molecule has 3 heterocycles. The summed E-state index contributed by atoms with van der Waals surface area (Å²) in [6.45, 7) is 1.84. The Balaban J connectivity index is 1.50. The van der Waals surface area contributed by atoms with E-state index in [9.17, 15) is 4.79 Å². The molecule has 7 nitrogen and oxygen atoms in total. The number of rotatable bonds is 3.